The van der Waals surface area contributed by atoms with Gasteiger partial charge in [-0.05, 0) is 43.7 Å². The molecule has 0 spiro atoms. The number of nitrogens with zero attached hydrogens (tertiary/aromatic N) is 2. The first-order chi connectivity index (χ1) is 15.0. The zero-order valence-electron chi connectivity index (χ0n) is 17.0. The highest BCUT2D eigenvalue weighted by molar-refractivity contribution is 5.97. The Labute approximate surface area is 178 Å². The van der Waals surface area contributed by atoms with Crippen LogP contribution in [0.4, 0.5) is 5.82 Å². The van der Waals surface area contributed by atoms with E-state index in [1.807, 2.05) is 56.3 Å². The fourth-order valence-electron chi connectivity index (χ4n) is 3.41. The molecule has 2 heterocycles. The third-order valence-electron chi connectivity index (χ3n) is 5.06. The molecule has 0 aliphatic heterocycles. The second-order valence-corrected chi connectivity index (χ2v) is 6.99. The normalized spacial score (nSPS) is 10.6. The van der Waals surface area contributed by atoms with Crippen molar-refractivity contribution in [1.29, 1.82) is 5.26 Å². The number of anilines is 1. The Morgan fingerprint density at radius 3 is 2.52 bits per heavy atom. The van der Waals surface area contributed by atoms with Gasteiger partial charge in [0, 0.05) is 16.8 Å². The van der Waals surface area contributed by atoms with Gasteiger partial charge in [-0.1, -0.05) is 36.4 Å². The summed E-state index contributed by atoms with van der Waals surface area (Å²) in [5, 5.41) is 13.1. The maximum absolute atomic E-state index is 12.6. The summed E-state index contributed by atoms with van der Waals surface area (Å²) in [4.78, 5) is 24.8. The minimum absolute atomic E-state index is 0.0195. The van der Waals surface area contributed by atoms with E-state index in [1.165, 1.54) is 0 Å². The predicted octanol–water partition coefficient (Wildman–Crippen LogP) is 4.51. The van der Waals surface area contributed by atoms with Crippen LogP contribution in [-0.4, -0.2) is 23.1 Å². The molecular formula is C24H19N3O4. The van der Waals surface area contributed by atoms with E-state index < -0.39 is 18.5 Å². The number of fused-ring (bicyclic) bond motifs is 1. The van der Waals surface area contributed by atoms with Crippen molar-refractivity contribution >= 4 is 28.7 Å². The van der Waals surface area contributed by atoms with E-state index in [0.717, 1.165) is 22.3 Å². The van der Waals surface area contributed by atoms with Crippen molar-refractivity contribution in [3.63, 3.8) is 0 Å². The highest BCUT2D eigenvalue weighted by Crippen LogP contribution is 2.30. The third kappa shape index (κ3) is 3.79. The monoisotopic (exact) mass is 413 g/mol. The van der Waals surface area contributed by atoms with Crippen LogP contribution in [0.5, 0.6) is 0 Å². The molecule has 0 unspecified atom stereocenters. The van der Waals surface area contributed by atoms with Gasteiger partial charge >= 0.3 is 5.97 Å². The zero-order valence-corrected chi connectivity index (χ0v) is 17.0. The summed E-state index contributed by atoms with van der Waals surface area (Å²) in [6, 6.07) is 20.3. The quantitative estimate of drug-likeness (QED) is 0.486. The summed E-state index contributed by atoms with van der Waals surface area (Å²) >= 11 is 0. The largest absolute Gasteiger partial charge is 0.450 e. The van der Waals surface area contributed by atoms with Crippen molar-refractivity contribution in [2.45, 2.75) is 13.8 Å². The average molecular weight is 413 g/mol. The van der Waals surface area contributed by atoms with Gasteiger partial charge < -0.3 is 14.5 Å². The lowest BCUT2D eigenvalue weighted by atomic mass is 10.2. The standard InChI is InChI=1S/C24H19N3O4/c1-15-16(2)27(18-9-4-3-5-10-18)23(19(15)13-25)26-22(28)14-30-24(29)21-12-17-8-6-7-11-20(17)31-21/h3-12H,14H2,1-2H3,(H,26,28). The molecule has 4 aromatic rings. The second kappa shape index (κ2) is 8.20. The number of furan rings is 1. The van der Waals surface area contributed by atoms with Crippen LogP contribution in [0.1, 0.15) is 27.4 Å². The minimum atomic E-state index is -0.738. The molecule has 0 aliphatic rings. The van der Waals surface area contributed by atoms with Crippen LogP contribution in [0.3, 0.4) is 0 Å². The van der Waals surface area contributed by atoms with E-state index in [4.69, 9.17) is 9.15 Å². The molecule has 0 radical (unpaired) electrons. The molecule has 0 atom stereocenters. The highest BCUT2D eigenvalue weighted by atomic mass is 16.5. The number of ether oxygens (including phenoxy) is 1. The smallest absolute Gasteiger partial charge is 0.374 e. The van der Waals surface area contributed by atoms with E-state index >= 15 is 0 Å². The molecule has 2 aromatic heterocycles. The van der Waals surface area contributed by atoms with E-state index in [9.17, 15) is 14.9 Å². The van der Waals surface area contributed by atoms with Crippen molar-refractivity contribution in [1.82, 2.24) is 4.57 Å². The van der Waals surface area contributed by atoms with E-state index in [1.54, 1.807) is 22.8 Å². The molecule has 0 saturated heterocycles. The van der Waals surface area contributed by atoms with Crippen LogP contribution in [0.2, 0.25) is 0 Å². The van der Waals surface area contributed by atoms with Gasteiger partial charge in [-0.2, -0.15) is 5.26 Å². The molecule has 1 N–H and O–H groups in total. The van der Waals surface area contributed by atoms with Crippen LogP contribution in [0, 0.1) is 25.2 Å². The van der Waals surface area contributed by atoms with Gasteiger partial charge in [-0.15, -0.1) is 0 Å². The molecule has 0 bridgehead atoms. The van der Waals surface area contributed by atoms with Gasteiger partial charge in [-0.25, -0.2) is 4.79 Å². The lowest BCUT2D eigenvalue weighted by Crippen LogP contribution is -2.22. The summed E-state index contributed by atoms with van der Waals surface area (Å²) in [7, 11) is 0. The van der Waals surface area contributed by atoms with Gasteiger partial charge in [-0.3, -0.25) is 9.36 Å². The first-order valence-corrected chi connectivity index (χ1v) is 9.62. The van der Waals surface area contributed by atoms with Crippen molar-refractivity contribution in [2.24, 2.45) is 0 Å². The molecule has 1 amide bonds. The number of hydrogen-bond donors (Lipinski definition) is 1. The molecule has 0 aliphatic carbocycles. The van der Waals surface area contributed by atoms with Crippen LogP contribution in [0.15, 0.2) is 65.1 Å². The van der Waals surface area contributed by atoms with Gasteiger partial charge in [0.15, 0.2) is 6.61 Å². The number of esters is 1. The molecule has 0 saturated carbocycles. The van der Waals surface area contributed by atoms with Crippen LogP contribution >= 0.6 is 0 Å². The summed E-state index contributed by atoms with van der Waals surface area (Å²) in [5.74, 6) is -0.937. The number of amides is 1. The molecule has 7 heteroatoms. The van der Waals surface area contributed by atoms with Crippen molar-refractivity contribution in [3.8, 4) is 11.8 Å². The topological polar surface area (TPSA) is 97.3 Å². The Hall–Kier alpha value is -4.31. The Balaban J connectivity index is 1.53. The van der Waals surface area contributed by atoms with E-state index in [0.29, 0.717) is 17.0 Å². The number of nitriles is 1. The summed E-state index contributed by atoms with van der Waals surface area (Å²) < 4.78 is 12.4. The Kier molecular flexibility index (Phi) is 5.29. The van der Waals surface area contributed by atoms with Crippen molar-refractivity contribution in [3.05, 3.63) is 83.2 Å². The van der Waals surface area contributed by atoms with E-state index in [-0.39, 0.29) is 5.76 Å². The first kappa shape index (κ1) is 20.0. The first-order valence-electron chi connectivity index (χ1n) is 9.62. The average Bonchev–Trinajstić information content (AvgIpc) is 3.32. The minimum Gasteiger partial charge on any atom is -0.450 e. The lowest BCUT2D eigenvalue weighted by Gasteiger charge is -2.13. The Bertz CT molecular complexity index is 1290. The fraction of sp³-hybridized carbons (Fsp3) is 0.125. The maximum Gasteiger partial charge on any atom is 0.374 e. The lowest BCUT2D eigenvalue weighted by molar-refractivity contribution is -0.119. The maximum atomic E-state index is 12.6. The number of hydrogen-bond acceptors (Lipinski definition) is 5. The van der Waals surface area contributed by atoms with Gasteiger partial charge in [0.1, 0.15) is 17.5 Å². The van der Waals surface area contributed by atoms with Gasteiger partial charge in [0.2, 0.25) is 5.76 Å². The number of carbonyl (C=O) groups excluding carboxylic acids is 2. The van der Waals surface area contributed by atoms with Crippen molar-refractivity contribution in [2.75, 3.05) is 11.9 Å². The van der Waals surface area contributed by atoms with Gasteiger partial charge in [0.25, 0.3) is 5.91 Å². The van der Waals surface area contributed by atoms with Crippen LogP contribution in [-0.2, 0) is 9.53 Å². The second-order valence-electron chi connectivity index (χ2n) is 6.99. The molecular weight excluding hydrogens is 394 g/mol. The number of benzene rings is 2. The molecule has 154 valence electrons. The summed E-state index contributed by atoms with van der Waals surface area (Å²) in [6.45, 7) is 3.18. The molecule has 4 rings (SSSR count). The number of nitrogens with one attached hydrogen (secondary N) is 1. The molecule has 2 aromatic carbocycles. The predicted molar refractivity (Wildman–Crippen MR) is 115 cm³/mol. The Morgan fingerprint density at radius 2 is 1.81 bits per heavy atom. The van der Waals surface area contributed by atoms with Crippen LogP contribution < -0.4 is 5.32 Å². The Morgan fingerprint density at radius 1 is 1.10 bits per heavy atom. The van der Waals surface area contributed by atoms with Crippen LogP contribution in [0.25, 0.3) is 16.7 Å². The molecule has 31 heavy (non-hydrogen) atoms. The fourth-order valence-corrected chi connectivity index (χ4v) is 3.41. The number of rotatable bonds is 5. The summed E-state index contributed by atoms with van der Waals surface area (Å²) in [6.07, 6.45) is 0. The number of para-hydroxylation sites is 2. The van der Waals surface area contributed by atoms with E-state index in [2.05, 4.69) is 11.4 Å². The number of aromatic nitrogens is 1. The third-order valence-corrected chi connectivity index (χ3v) is 5.06. The highest BCUT2D eigenvalue weighted by Gasteiger charge is 2.22. The zero-order chi connectivity index (χ0) is 22.0. The molecule has 7 nitrogen and oxygen atoms in total. The van der Waals surface area contributed by atoms with Gasteiger partial charge in [0.05, 0.1) is 5.56 Å². The molecule has 0 fully saturated rings. The number of carbonyl (C=O) groups is 2. The van der Waals surface area contributed by atoms with Crippen molar-refractivity contribution < 1.29 is 18.7 Å². The SMILES string of the molecule is Cc1c(C#N)c(NC(=O)COC(=O)c2cc3ccccc3o2)n(-c2ccccc2)c1C. The summed E-state index contributed by atoms with van der Waals surface area (Å²) in [5.41, 5.74) is 3.32.